The van der Waals surface area contributed by atoms with Crippen molar-refractivity contribution < 1.29 is 9.59 Å². The second-order valence-corrected chi connectivity index (χ2v) is 8.00. The highest BCUT2D eigenvalue weighted by Crippen LogP contribution is 2.37. The van der Waals surface area contributed by atoms with Crippen molar-refractivity contribution in [1.82, 2.24) is 15.1 Å². The van der Waals surface area contributed by atoms with Crippen LogP contribution in [0.25, 0.3) is 0 Å². The van der Waals surface area contributed by atoms with E-state index in [0.717, 1.165) is 18.0 Å². The number of nitrogens with zero attached hydrogens (tertiary/aromatic N) is 2. The number of hydrogen-bond donors (Lipinski definition) is 1. The first-order valence-corrected chi connectivity index (χ1v) is 10.1. The fourth-order valence-corrected chi connectivity index (χ4v) is 5.20. The maximum atomic E-state index is 13.3. The molecule has 3 atom stereocenters. The number of piperidine rings is 1. The first-order chi connectivity index (χ1) is 12.7. The molecule has 1 saturated carbocycles. The maximum Gasteiger partial charge on any atom is 0.326 e. The molecular formula is C21H29N3O2. The van der Waals surface area contributed by atoms with Crippen molar-refractivity contribution in [2.24, 2.45) is 5.92 Å². The summed E-state index contributed by atoms with van der Waals surface area (Å²) in [7, 11) is 0. The van der Waals surface area contributed by atoms with Crippen molar-refractivity contribution in [3.8, 4) is 0 Å². The molecule has 0 unspecified atom stereocenters. The molecule has 5 heteroatoms. The van der Waals surface area contributed by atoms with E-state index in [0.29, 0.717) is 19.1 Å². The number of fused-ring (bicyclic) bond motifs is 1. The van der Waals surface area contributed by atoms with E-state index in [1.165, 1.54) is 43.4 Å². The third-order valence-corrected chi connectivity index (χ3v) is 6.65. The van der Waals surface area contributed by atoms with Crippen molar-refractivity contribution in [2.75, 3.05) is 13.2 Å². The Labute approximate surface area is 155 Å². The summed E-state index contributed by atoms with van der Waals surface area (Å²) >= 11 is 0. The van der Waals surface area contributed by atoms with E-state index in [1.54, 1.807) is 0 Å². The topological polar surface area (TPSA) is 52.7 Å². The molecule has 2 saturated heterocycles. The minimum absolute atomic E-state index is 0.103. The van der Waals surface area contributed by atoms with Crippen LogP contribution in [0.15, 0.2) is 30.3 Å². The summed E-state index contributed by atoms with van der Waals surface area (Å²) in [6, 6.07) is 9.93. The molecule has 5 nitrogen and oxygen atoms in total. The Kier molecular flexibility index (Phi) is 4.74. The molecule has 26 heavy (non-hydrogen) atoms. The molecule has 2 heterocycles. The third-order valence-electron chi connectivity index (χ3n) is 6.65. The first kappa shape index (κ1) is 17.5. The zero-order valence-electron chi connectivity index (χ0n) is 15.6. The van der Waals surface area contributed by atoms with Crippen LogP contribution in [-0.4, -0.2) is 41.0 Å². The van der Waals surface area contributed by atoms with Gasteiger partial charge in [0, 0.05) is 12.6 Å². The Morgan fingerprint density at radius 3 is 2.58 bits per heavy atom. The van der Waals surface area contributed by atoms with E-state index in [4.69, 9.17) is 0 Å². The fourth-order valence-electron chi connectivity index (χ4n) is 5.20. The lowest BCUT2D eigenvalue weighted by atomic mass is 9.78. The highest BCUT2D eigenvalue weighted by molar-refractivity contribution is 6.07. The van der Waals surface area contributed by atoms with E-state index in [-0.39, 0.29) is 11.9 Å². The molecule has 1 aromatic carbocycles. The second-order valence-electron chi connectivity index (χ2n) is 8.00. The predicted molar refractivity (Wildman–Crippen MR) is 100 cm³/mol. The molecule has 0 bridgehead atoms. The molecule has 0 spiro atoms. The van der Waals surface area contributed by atoms with Crippen molar-refractivity contribution in [2.45, 2.75) is 63.5 Å². The van der Waals surface area contributed by atoms with Crippen molar-refractivity contribution in [3.05, 3.63) is 35.9 Å². The van der Waals surface area contributed by atoms with Gasteiger partial charge in [-0.2, -0.15) is 0 Å². The monoisotopic (exact) mass is 355 g/mol. The summed E-state index contributed by atoms with van der Waals surface area (Å²) in [4.78, 5) is 29.9. The van der Waals surface area contributed by atoms with E-state index in [2.05, 4.69) is 10.2 Å². The average molecular weight is 355 g/mol. The third kappa shape index (κ3) is 2.82. The van der Waals surface area contributed by atoms with Gasteiger partial charge in [-0.05, 0) is 43.6 Å². The summed E-state index contributed by atoms with van der Waals surface area (Å²) in [5, 5.41) is 3.01. The van der Waals surface area contributed by atoms with Crippen LogP contribution in [-0.2, 0) is 10.3 Å². The molecule has 1 aromatic rings. The second kappa shape index (κ2) is 7.03. The zero-order chi connectivity index (χ0) is 18.1. The molecule has 4 rings (SSSR count). The number of carbonyl (C=O) groups is 2. The number of nitrogens with one attached hydrogen (secondary N) is 1. The largest absolute Gasteiger partial charge is 0.326 e. The van der Waals surface area contributed by atoms with Gasteiger partial charge in [-0.25, -0.2) is 9.69 Å². The summed E-state index contributed by atoms with van der Waals surface area (Å²) < 4.78 is 0. The molecule has 2 aliphatic heterocycles. The first-order valence-electron chi connectivity index (χ1n) is 10.1. The Morgan fingerprint density at radius 1 is 1.08 bits per heavy atom. The van der Waals surface area contributed by atoms with Gasteiger partial charge in [0.05, 0.1) is 6.67 Å². The van der Waals surface area contributed by atoms with Crippen molar-refractivity contribution >= 4 is 11.9 Å². The smallest absolute Gasteiger partial charge is 0.319 e. The van der Waals surface area contributed by atoms with Gasteiger partial charge in [0.15, 0.2) is 0 Å². The number of hydrogen-bond acceptors (Lipinski definition) is 3. The van der Waals surface area contributed by atoms with Crippen LogP contribution in [0, 0.1) is 5.92 Å². The molecule has 3 fully saturated rings. The lowest BCUT2D eigenvalue weighted by Gasteiger charge is -2.45. The van der Waals surface area contributed by atoms with Crippen LogP contribution in [0.3, 0.4) is 0 Å². The van der Waals surface area contributed by atoms with Gasteiger partial charge in [0.2, 0.25) is 0 Å². The molecule has 0 aromatic heterocycles. The van der Waals surface area contributed by atoms with Gasteiger partial charge < -0.3 is 5.32 Å². The average Bonchev–Trinajstić information content (AvgIpc) is 2.94. The molecule has 3 aliphatic rings. The number of likely N-dealkylation sites (tertiary alicyclic amines) is 1. The highest BCUT2D eigenvalue weighted by Gasteiger charge is 2.52. The lowest BCUT2D eigenvalue weighted by Crippen LogP contribution is -2.52. The van der Waals surface area contributed by atoms with E-state index < -0.39 is 5.54 Å². The number of urea groups is 1. The minimum atomic E-state index is -0.917. The van der Waals surface area contributed by atoms with Crippen LogP contribution in [0.2, 0.25) is 0 Å². The normalized spacial score (nSPS) is 32.4. The quantitative estimate of drug-likeness (QED) is 0.842. The number of rotatable bonds is 4. The van der Waals surface area contributed by atoms with Crippen LogP contribution in [0.4, 0.5) is 4.79 Å². The van der Waals surface area contributed by atoms with Crippen LogP contribution in [0.1, 0.15) is 57.4 Å². The van der Waals surface area contributed by atoms with Crippen LogP contribution in [0.5, 0.6) is 0 Å². The zero-order valence-corrected chi connectivity index (χ0v) is 15.6. The van der Waals surface area contributed by atoms with E-state index in [9.17, 15) is 9.59 Å². The number of benzene rings is 1. The fraction of sp³-hybridized carbons (Fsp3) is 0.619. The van der Waals surface area contributed by atoms with Gasteiger partial charge in [-0.3, -0.25) is 9.69 Å². The number of carbonyl (C=O) groups excluding carboxylic acids is 2. The summed E-state index contributed by atoms with van der Waals surface area (Å²) in [5.41, 5.74) is -0.0439. The van der Waals surface area contributed by atoms with Crippen molar-refractivity contribution in [1.29, 1.82) is 0 Å². The molecule has 3 amide bonds. The van der Waals surface area contributed by atoms with Gasteiger partial charge in [-0.15, -0.1) is 0 Å². The molecule has 0 radical (unpaired) electrons. The Balaban J connectivity index is 1.56. The molecular weight excluding hydrogens is 326 g/mol. The Morgan fingerprint density at radius 2 is 1.81 bits per heavy atom. The number of amides is 3. The lowest BCUT2D eigenvalue weighted by molar-refractivity contribution is -0.134. The van der Waals surface area contributed by atoms with Gasteiger partial charge in [0.25, 0.3) is 5.91 Å². The van der Waals surface area contributed by atoms with Gasteiger partial charge >= 0.3 is 6.03 Å². The highest BCUT2D eigenvalue weighted by atomic mass is 16.2. The molecule has 140 valence electrons. The van der Waals surface area contributed by atoms with Crippen LogP contribution < -0.4 is 5.32 Å². The van der Waals surface area contributed by atoms with Crippen LogP contribution >= 0.6 is 0 Å². The molecule has 1 N–H and O–H groups in total. The Hall–Kier alpha value is -1.88. The van der Waals surface area contributed by atoms with Gasteiger partial charge in [-0.1, -0.05) is 50.1 Å². The summed E-state index contributed by atoms with van der Waals surface area (Å²) in [6.07, 6.45) is 8.11. The molecule has 1 aliphatic carbocycles. The number of imide groups is 1. The SMILES string of the molecule is CC[C@]1(c2ccccc2)NC(=O)N(CN2CCC[C@H]3CCCC[C@@H]32)C1=O. The minimum Gasteiger partial charge on any atom is -0.319 e. The maximum absolute atomic E-state index is 13.3. The standard InChI is InChI=1S/C21H29N3O2/c1-2-21(17-11-4-3-5-12-17)19(25)24(20(26)22-21)15-23-14-8-10-16-9-6-7-13-18(16)23/h3-5,11-12,16,18H,2,6-10,13-15H2,1H3,(H,22,26)/t16-,18+,21-/m1/s1. The predicted octanol–water partition coefficient (Wildman–Crippen LogP) is 3.46. The van der Waals surface area contributed by atoms with Gasteiger partial charge in [0.1, 0.15) is 5.54 Å². The summed E-state index contributed by atoms with van der Waals surface area (Å²) in [5.74, 6) is 0.637. The van der Waals surface area contributed by atoms with E-state index in [1.807, 2.05) is 37.3 Å². The van der Waals surface area contributed by atoms with E-state index >= 15 is 0 Å². The summed E-state index contributed by atoms with van der Waals surface area (Å²) in [6.45, 7) is 3.38. The van der Waals surface area contributed by atoms with Crippen molar-refractivity contribution in [3.63, 3.8) is 0 Å². The Bertz CT molecular complexity index is 675.